The van der Waals surface area contributed by atoms with E-state index in [0.29, 0.717) is 17.8 Å². The average Bonchev–Trinajstić information content (AvgIpc) is 2.57. The number of para-hydroxylation sites is 1. The van der Waals surface area contributed by atoms with Crippen molar-refractivity contribution in [1.82, 2.24) is 4.31 Å². The molecule has 0 unspecified atom stereocenters. The molecule has 2 aromatic carbocycles. The fourth-order valence-corrected chi connectivity index (χ4v) is 3.16. The first-order valence-electron chi connectivity index (χ1n) is 7.86. The predicted octanol–water partition coefficient (Wildman–Crippen LogP) is 2.64. The SMILES string of the molecule is CCN(C(=O)CN(Cc1ccc(F)cc1)S(C)(=O)=O)c1ccccc1. The third-order valence-corrected chi connectivity index (χ3v) is 4.93. The van der Waals surface area contributed by atoms with Gasteiger partial charge in [-0.1, -0.05) is 30.3 Å². The molecule has 7 heteroatoms. The maximum atomic E-state index is 13.0. The molecule has 0 aliphatic carbocycles. The van der Waals surface area contributed by atoms with Crippen molar-refractivity contribution in [2.75, 3.05) is 24.2 Å². The minimum absolute atomic E-state index is 0.0111. The quantitative estimate of drug-likeness (QED) is 0.759. The van der Waals surface area contributed by atoms with Crippen molar-refractivity contribution in [3.05, 3.63) is 66.0 Å². The maximum absolute atomic E-state index is 13.0. The van der Waals surface area contributed by atoms with Gasteiger partial charge in [0.1, 0.15) is 5.82 Å². The highest BCUT2D eigenvalue weighted by Crippen LogP contribution is 2.15. The van der Waals surface area contributed by atoms with Crippen LogP contribution >= 0.6 is 0 Å². The number of amides is 1. The van der Waals surface area contributed by atoms with E-state index < -0.39 is 15.8 Å². The van der Waals surface area contributed by atoms with Crippen LogP contribution in [-0.4, -0.2) is 38.0 Å². The van der Waals surface area contributed by atoms with E-state index in [0.717, 1.165) is 10.6 Å². The Morgan fingerprint density at radius 2 is 1.64 bits per heavy atom. The lowest BCUT2D eigenvalue weighted by atomic mass is 10.2. The van der Waals surface area contributed by atoms with Crippen molar-refractivity contribution < 1.29 is 17.6 Å². The summed E-state index contributed by atoms with van der Waals surface area (Å²) in [5.41, 5.74) is 1.33. The molecule has 0 saturated heterocycles. The molecule has 0 atom stereocenters. The number of rotatable bonds is 7. The molecule has 25 heavy (non-hydrogen) atoms. The monoisotopic (exact) mass is 364 g/mol. The van der Waals surface area contributed by atoms with Gasteiger partial charge in [-0.05, 0) is 36.8 Å². The van der Waals surface area contributed by atoms with Gasteiger partial charge in [0.15, 0.2) is 0 Å². The van der Waals surface area contributed by atoms with Crippen molar-refractivity contribution in [2.24, 2.45) is 0 Å². The summed E-state index contributed by atoms with van der Waals surface area (Å²) < 4.78 is 38.2. The Labute approximate surface area is 147 Å². The average molecular weight is 364 g/mol. The van der Waals surface area contributed by atoms with E-state index >= 15 is 0 Å². The number of carbonyl (C=O) groups excluding carboxylic acids is 1. The maximum Gasteiger partial charge on any atom is 0.242 e. The van der Waals surface area contributed by atoms with Gasteiger partial charge < -0.3 is 4.90 Å². The van der Waals surface area contributed by atoms with Gasteiger partial charge in [0.2, 0.25) is 15.9 Å². The molecule has 0 aliphatic rings. The zero-order valence-corrected chi connectivity index (χ0v) is 15.0. The smallest absolute Gasteiger partial charge is 0.242 e. The molecule has 0 radical (unpaired) electrons. The van der Waals surface area contributed by atoms with Gasteiger partial charge in [-0.3, -0.25) is 4.79 Å². The van der Waals surface area contributed by atoms with Gasteiger partial charge in [-0.2, -0.15) is 4.31 Å². The lowest BCUT2D eigenvalue weighted by Gasteiger charge is -2.25. The number of nitrogens with zero attached hydrogens (tertiary/aromatic N) is 2. The molecule has 0 aliphatic heterocycles. The standard InChI is InChI=1S/C18H21FN2O3S/c1-3-21(17-7-5-4-6-8-17)18(22)14-20(25(2,23)24)13-15-9-11-16(19)12-10-15/h4-12H,3,13-14H2,1-2H3. The first-order valence-corrected chi connectivity index (χ1v) is 9.71. The van der Waals surface area contributed by atoms with E-state index in [4.69, 9.17) is 0 Å². The van der Waals surface area contributed by atoms with Crippen molar-refractivity contribution in [3.8, 4) is 0 Å². The Balaban J connectivity index is 2.18. The Morgan fingerprint density at radius 1 is 1.04 bits per heavy atom. The second-order valence-corrected chi connectivity index (χ2v) is 7.61. The number of hydrogen-bond donors (Lipinski definition) is 0. The lowest BCUT2D eigenvalue weighted by Crippen LogP contribution is -2.42. The van der Waals surface area contributed by atoms with E-state index in [1.54, 1.807) is 12.1 Å². The molecular weight excluding hydrogens is 343 g/mol. The first-order chi connectivity index (χ1) is 11.8. The zero-order valence-electron chi connectivity index (χ0n) is 14.2. The van der Waals surface area contributed by atoms with Gasteiger partial charge in [-0.25, -0.2) is 12.8 Å². The van der Waals surface area contributed by atoms with Crippen LogP contribution in [0.4, 0.5) is 10.1 Å². The predicted molar refractivity (Wildman–Crippen MR) is 96.1 cm³/mol. The highest BCUT2D eigenvalue weighted by atomic mass is 32.2. The molecule has 0 saturated carbocycles. The summed E-state index contributed by atoms with van der Waals surface area (Å²) in [6.45, 7) is 1.99. The van der Waals surface area contributed by atoms with Crippen LogP contribution in [0.3, 0.4) is 0 Å². The van der Waals surface area contributed by atoms with Gasteiger partial charge in [0.25, 0.3) is 0 Å². The molecular formula is C18H21FN2O3S. The number of carbonyl (C=O) groups is 1. The van der Waals surface area contributed by atoms with E-state index in [1.165, 1.54) is 29.2 Å². The number of sulfonamides is 1. The first kappa shape index (κ1) is 19.1. The molecule has 1 amide bonds. The number of anilines is 1. The molecule has 134 valence electrons. The largest absolute Gasteiger partial charge is 0.312 e. The Morgan fingerprint density at radius 3 is 2.16 bits per heavy atom. The normalized spacial score (nSPS) is 11.5. The Bertz CT molecular complexity index is 808. The van der Waals surface area contributed by atoms with Gasteiger partial charge in [-0.15, -0.1) is 0 Å². The fourth-order valence-electron chi connectivity index (χ4n) is 2.43. The number of halogens is 1. The summed E-state index contributed by atoms with van der Waals surface area (Å²) >= 11 is 0. The molecule has 0 bridgehead atoms. The highest BCUT2D eigenvalue weighted by molar-refractivity contribution is 7.88. The van der Waals surface area contributed by atoms with Crippen LogP contribution in [0.1, 0.15) is 12.5 Å². The third-order valence-electron chi connectivity index (χ3n) is 3.74. The lowest BCUT2D eigenvalue weighted by molar-refractivity contribution is -0.118. The number of hydrogen-bond acceptors (Lipinski definition) is 3. The second kappa shape index (κ2) is 8.22. The fraction of sp³-hybridized carbons (Fsp3) is 0.278. The van der Waals surface area contributed by atoms with E-state index in [9.17, 15) is 17.6 Å². The van der Waals surface area contributed by atoms with Crippen LogP contribution in [-0.2, 0) is 21.4 Å². The summed E-state index contributed by atoms with van der Waals surface area (Å²) in [6.07, 6.45) is 1.06. The zero-order chi connectivity index (χ0) is 18.4. The van der Waals surface area contributed by atoms with Crippen LogP contribution < -0.4 is 4.90 Å². The van der Waals surface area contributed by atoms with Crippen LogP contribution in [0.15, 0.2) is 54.6 Å². The minimum atomic E-state index is -3.60. The summed E-state index contributed by atoms with van der Waals surface area (Å²) in [7, 11) is -3.60. The van der Waals surface area contributed by atoms with Gasteiger partial charge in [0, 0.05) is 18.8 Å². The minimum Gasteiger partial charge on any atom is -0.312 e. The molecule has 0 spiro atoms. The topological polar surface area (TPSA) is 57.7 Å². The molecule has 0 fully saturated rings. The Hall–Kier alpha value is -2.25. The third kappa shape index (κ3) is 5.37. The van der Waals surface area contributed by atoms with Crippen molar-refractivity contribution in [2.45, 2.75) is 13.5 Å². The van der Waals surface area contributed by atoms with Crippen molar-refractivity contribution >= 4 is 21.6 Å². The van der Waals surface area contributed by atoms with Gasteiger partial charge >= 0.3 is 0 Å². The molecule has 0 heterocycles. The number of benzene rings is 2. The molecule has 0 aromatic heterocycles. The highest BCUT2D eigenvalue weighted by Gasteiger charge is 2.24. The Kier molecular flexibility index (Phi) is 6.27. The molecule has 0 N–H and O–H groups in total. The van der Waals surface area contributed by atoms with E-state index in [1.807, 2.05) is 25.1 Å². The molecule has 2 aromatic rings. The summed E-state index contributed by atoms with van der Waals surface area (Å²) in [6, 6.07) is 14.6. The van der Waals surface area contributed by atoms with Crippen LogP contribution in [0.2, 0.25) is 0 Å². The second-order valence-electron chi connectivity index (χ2n) is 5.63. The van der Waals surface area contributed by atoms with Crippen molar-refractivity contribution in [3.63, 3.8) is 0 Å². The van der Waals surface area contributed by atoms with Crippen molar-refractivity contribution in [1.29, 1.82) is 0 Å². The van der Waals surface area contributed by atoms with Crippen LogP contribution in [0.5, 0.6) is 0 Å². The summed E-state index contributed by atoms with van der Waals surface area (Å²) in [5.74, 6) is -0.715. The summed E-state index contributed by atoms with van der Waals surface area (Å²) in [4.78, 5) is 14.2. The van der Waals surface area contributed by atoms with Crippen LogP contribution in [0.25, 0.3) is 0 Å². The molecule has 5 nitrogen and oxygen atoms in total. The number of likely N-dealkylation sites (N-methyl/N-ethyl adjacent to an activating group) is 1. The van der Waals surface area contributed by atoms with E-state index in [2.05, 4.69) is 0 Å². The van der Waals surface area contributed by atoms with E-state index in [-0.39, 0.29) is 19.0 Å². The molecule has 2 rings (SSSR count). The van der Waals surface area contributed by atoms with Gasteiger partial charge in [0.05, 0.1) is 12.8 Å². The van der Waals surface area contributed by atoms with Crippen LogP contribution in [0, 0.1) is 5.82 Å². The summed E-state index contributed by atoms with van der Waals surface area (Å²) in [5, 5.41) is 0.